The SMILES string of the molecule is CC(O)COCCN1C(=O)C=CC1=O. The Morgan fingerprint density at radius 2 is 2.00 bits per heavy atom. The first-order valence-corrected chi connectivity index (χ1v) is 4.40. The maximum absolute atomic E-state index is 11.0. The van der Waals surface area contributed by atoms with Crippen molar-refractivity contribution in [3.8, 4) is 0 Å². The lowest BCUT2D eigenvalue weighted by Crippen LogP contribution is -2.33. The summed E-state index contributed by atoms with van der Waals surface area (Å²) in [5.74, 6) is -0.619. The number of rotatable bonds is 5. The standard InChI is InChI=1S/C9H13NO4/c1-7(11)6-14-5-4-10-8(12)2-3-9(10)13/h2-3,7,11H,4-6H2,1H3. The van der Waals surface area contributed by atoms with Crippen molar-refractivity contribution in [1.82, 2.24) is 4.90 Å². The maximum atomic E-state index is 11.0. The first-order chi connectivity index (χ1) is 6.61. The topological polar surface area (TPSA) is 66.8 Å². The van der Waals surface area contributed by atoms with Gasteiger partial charge in [0.25, 0.3) is 11.8 Å². The van der Waals surface area contributed by atoms with E-state index in [-0.39, 0.29) is 31.6 Å². The van der Waals surface area contributed by atoms with E-state index in [0.717, 1.165) is 4.90 Å². The van der Waals surface area contributed by atoms with Crippen molar-refractivity contribution in [3.63, 3.8) is 0 Å². The van der Waals surface area contributed by atoms with Crippen molar-refractivity contribution >= 4 is 11.8 Å². The molecule has 5 heteroatoms. The number of ether oxygens (including phenoxy) is 1. The highest BCUT2D eigenvalue weighted by molar-refractivity contribution is 6.12. The second-order valence-corrected chi connectivity index (χ2v) is 3.09. The molecule has 5 nitrogen and oxygen atoms in total. The van der Waals surface area contributed by atoms with Gasteiger partial charge >= 0.3 is 0 Å². The summed E-state index contributed by atoms with van der Waals surface area (Å²) in [5.41, 5.74) is 0. The van der Waals surface area contributed by atoms with Crippen LogP contribution in [0.15, 0.2) is 12.2 Å². The fourth-order valence-corrected chi connectivity index (χ4v) is 1.06. The molecule has 0 bridgehead atoms. The van der Waals surface area contributed by atoms with Crippen LogP contribution in [-0.4, -0.2) is 47.7 Å². The number of hydrogen-bond acceptors (Lipinski definition) is 4. The summed E-state index contributed by atoms with van der Waals surface area (Å²) in [5, 5.41) is 8.86. The lowest BCUT2D eigenvalue weighted by atomic mass is 10.4. The van der Waals surface area contributed by atoms with Crippen molar-refractivity contribution in [2.75, 3.05) is 19.8 Å². The van der Waals surface area contributed by atoms with Crippen LogP contribution in [-0.2, 0) is 14.3 Å². The van der Waals surface area contributed by atoms with Crippen molar-refractivity contribution in [2.24, 2.45) is 0 Å². The van der Waals surface area contributed by atoms with Gasteiger partial charge in [-0.1, -0.05) is 0 Å². The van der Waals surface area contributed by atoms with Crippen LogP contribution in [0.3, 0.4) is 0 Å². The minimum absolute atomic E-state index is 0.212. The van der Waals surface area contributed by atoms with Gasteiger partial charge in [-0.05, 0) is 6.92 Å². The zero-order valence-corrected chi connectivity index (χ0v) is 7.97. The Morgan fingerprint density at radius 1 is 1.43 bits per heavy atom. The van der Waals surface area contributed by atoms with Gasteiger partial charge in [0.1, 0.15) is 0 Å². The third-order valence-corrected chi connectivity index (χ3v) is 1.72. The van der Waals surface area contributed by atoms with Crippen molar-refractivity contribution in [2.45, 2.75) is 13.0 Å². The maximum Gasteiger partial charge on any atom is 0.253 e. The molecule has 0 aromatic heterocycles. The van der Waals surface area contributed by atoms with Gasteiger partial charge in [0, 0.05) is 12.2 Å². The van der Waals surface area contributed by atoms with E-state index in [1.54, 1.807) is 6.92 Å². The normalized spacial score (nSPS) is 18.0. The summed E-state index contributed by atoms with van der Waals surface area (Å²) >= 11 is 0. The van der Waals surface area contributed by atoms with Crippen LogP contribution < -0.4 is 0 Å². The molecule has 0 saturated heterocycles. The van der Waals surface area contributed by atoms with Gasteiger partial charge in [-0.15, -0.1) is 0 Å². The van der Waals surface area contributed by atoms with Gasteiger partial charge in [0.2, 0.25) is 0 Å². The van der Waals surface area contributed by atoms with Gasteiger partial charge in [0.05, 0.1) is 25.9 Å². The highest BCUT2D eigenvalue weighted by atomic mass is 16.5. The molecule has 0 saturated carbocycles. The molecule has 1 N–H and O–H groups in total. The van der Waals surface area contributed by atoms with Gasteiger partial charge < -0.3 is 9.84 Å². The summed E-state index contributed by atoms with van der Waals surface area (Å²) in [6.45, 7) is 2.30. The molecule has 0 radical (unpaired) electrons. The minimum Gasteiger partial charge on any atom is -0.391 e. The summed E-state index contributed by atoms with van der Waals surface area (Å²) in [7, 11) is 0. The zero-order valence-electron chi connectivity index (χ0n) is 7.97. The van der Waals surface area contributed by atoms with Crippen LogP contribution in [0, 0.1) is 0 Å². The quantitative estimate of drug-likeness (QED) is 0.470. The van der Waals surface area contributed by atoms with Crippen molar-refractivity contribution in [3.05, 3.63) is 12.2 Å². The van der Waals surface area contributed by atoms with Gasteiger partial charge in [-0.2, -0.15) is 0 Å². The fraction of sp³-hybridized carbons (Fsp3) is 0.556. The monoisotopic (exact) mass is 199 g/mol. The van der Waals surface area contributed by atoms with Crippen LogP contribution in [0.1, 0.15) is 6.92 Å². The molecule has 1 unspecified atom stereocenters. The number of aliphatic hydroxyl groups excluding tert-OH is 1. The van der Waals surface area contributed by atoms with Gasteiger partial charge in [-0.3, -0.25) is 14.5 Å². The minimum atomic E-state index is -0.530. The predicted octanol–water partition coefficient (Wildman–Crippen LogP) is -0.691. The molecule has 0 spiro atoms. The van der Waals surface area contributed by atoms with Gasteiger partial charge in [0.15, 0.2) is 0 Å². The largest absolute Gasteiger partial charge is 0.391 e. The predicted molar refractivity (Wildman–Crippen MR) is 48.4 cm³/mol. The average molecular weight is 199 g/mol. The Balaban J connectivity index is 2.19. The van der Waals surface area contributed by atoms with Crippen LogP contribution in [0.5, 0.6) is 0 Å². The van der Waals surface area contributed by atoms with Crippen LogP contribution in [0.25, 0.3) is 0 Å². The smallest absolute Gasteiger partial charge is 0.253 e. The Bertz CT molecular complexity index is 242. The lowest BCUT2D eigenvalue weighted by molar-refractivity contribution is -0.137. The lowest BCUT2D eigenvalue weighted by Gasteiger charge is -2.13. The second-order valence-electron chi connectivity index (χ2n) is 3.09. The van der Waals surface area contributed by atoms with E-state index in [0.29, 0.717) is 0 Å². The molecule has 0 aliphatic carbocycles. The summed E-state index contributed by atoms with van der Waals surface area (Å²) in [6, 6.07) is 0. The fourth-order valence-electron chi connectivity index (χ4n) is 1.06. The molecule has 1 aliphatic rings. The Hall–Kier alpha value is -1.20. The second kappa shape index (κ2) is 4.88. The van der Waals surface area contributed by atoms with E-state index in [9.17, 15) is 9.59 Å². The molecule has 14 heavy (non-hydrogen) atoms. The molecule has 0 aromatic carbocycles. The molecule has 1 atom stereocenters. The third-order valence-electron chi connectivity index (χ3n) is 1.72. The highest BCUT2D eigenvalue weighted by Crippen LogP contribution is 2.02. The molecule has 2 amide bonds. The first-order valence-electron chi connectivity index (χ1n) is 4.40. The van der Waals surface area contributed by atoms with Crippen LogP contribution >= 0.6 is 0 Å². The molecule has 0 aromatic rings. The van der Waals surface area contributed by atoms with E-state index in [1.165, 1.54) is 12.2 Å². The van der Waals surface area contributed by atoms with Crippen LogP contribution in [0.2, 0.25) is 0 Å². The third kappa shape index (κ3) is 2.93. The number of imide groups is 1. The van der Waals surface area contributed by atoms with Gasteiger partial charge in [-0.25, -0.2) is 0 Å². The van der Waals surface area contributed by atoms with E-state index in [4.69, 9.17) is 9.84 Å². The zero-order chi connectivity index (χ0) is 10.6. The van der Waals surface area contributed by atoms with E-state index >= 15 is 0 Å². The molecule has 1 rings (SSSR count). The van der Waals surface area contributed by atoms with E-state index < -0.39 is 6.10 Å². The summed E-state index contributed by atoms with van der Waals surface area (Å²) in [6.07, 6.45) is 1.94. The molecule has 78 valence electrons. The number of carbonyl (C=O) groups excluding carboxylic acids is 2. The number of nitrogens with zero attached hydrogens (tertiary/aromatic N) is 1. The molecular formula is C9H13NO4. The van der Waals surface area contributed by atoms with Crippen molar-refractivity contribution < 1.29 is 19.4 Å². The average Bonchev–Trinajstić information content (AvgIpc) is 2.42. The molecule has 0 fully saturated rings. The number of carbonyl (C=O) groups is 2. The highest BCUT2D eigenvalue weighted by Gasteiger charge is 2.22. The van der Waals surface area contributed by atoms with E-state index in [1.807, 2.05) is 0 Å². The molecule has 1 heterocycles. The van der Waals surface area contributed by atoms with Crippen molar-refractivity contribution in [1.29, 1.82) is 0 Å². The molecular weight excluding hydrogens is 186 g/mol. The number of hydrogen-bond donors (Lipinski definition) is 1. The Labute approximate surface area is 82.0 Å². The molecule has 1 aliphatic heterocycles. The van der Waals surface area contributed by atoms with E-state index in [2.05, 4.69) is 0 Å². The Morgan fingerprint density at radius 3 is 2.50 bits per heavy atom. The summed E-state index contributed by atoms with van der Waals surface area (Å²) in [4.78, 5) is 23.2. The summed E-state index contributed by atoms with van der Waals surface area (Å²) < 4.78 is 5.03. The Kier molecular flexibility index (Phi) is 3.79. The van der Waals surface area contributed by atoms with Crippen LogP contribution in [0.4, 0.5) is 0 Å². The number of aliphatic hydroxyl groups is 1. The number of amides is 2. The first kappa shape index (κ1) is 10.9.